The molecule has 2 heteroatoms. The second kappa shape index (κ2) is 9.18. The first-order valence-electron chi connectivity index (χ1n) is 10.4. The van der Waals surface area contributed by atoms with Gasteiger partial charge >= 0.3 is 0 Å². The predicted octanol–water partition coefficient (Wildman–Crippen LogP) is 4.75. The van der Waals surface area contributed by atoms with Crippen LogP contribution in [0.4, 0.5) is 0 Å². The highest BCUT2D eigenvalue weighted by molar-refractivity contribution is 5.31. The summed E-state index contributed by atoms with van der Waals surface area (Å²) in [4.78, 5) is 2.67. The molecule has 0 saturated heterocycles. The van der Waals surface area contributed by atoms with Gasteiger partial charge in [0, 0.05) is 32.2 Å². The average Bonchev–Trinajstić information content (AvgIpc) is 2.74. The average molecular weight is 371 g/mol. The lowest BCUT2D eigenvalue weighted by molar-refractivity contribution is 0.170. The van der Waals surface area contributed by atoms with Gasteiger partial charge in [-0.1, -0.05) is 84.4 Å². The maximum Gasteiger partial charge on any atom is 0.0240 e. The molecule has 1 unspecified atom stereocenters. The smallest absolute Gasteiger partial charge is 0.0240 e. The van der Waals surface area contributed by atoms with Crippen LogP contribution in [0.25, 0.3) is 0 Å². The molecule has 0 bridgehead atoms. The van der Waals surface area contributed by atoms with Crippen LogP contribution in [0.3, 0.4) is 0 Å². The summed E-state index contributed by atoms with van der Waals surface area (Å²) < 4.78 is 0. The molecular weight excluding hydrogens is 340 g/mol. The Balaban J connectivity index is 1.40. The van der Waals surface area contributed by atoms with E-state index < -0.39 is 0 Å². The molecule has 1 aliphatic rings. The first kappa shape index (κ1) is 18.9. The SMILES string of the molecule is Cc1ccc(CC2Cc3ccccc3CN2CCNCc2ccccc2)cc1. The number of rotatable bonds is 7. The normalized spacial score (nSPS) is 16.7. The largest absolute Gasteiger partial charge is 0.311 e. The molecule has 1 heterocycles. The van der Waals surface area contributed by atoms with Gasteiger partial charge in [-0.3, -0.25) is 4.90 Å². The third-order valence-electron chi connectivity index (χ3n) is 5.80. The van der Waals surface area contributed by atoms with Crippen molar-refractivity contribution in [1.29, 1.82) is 0 Å². The lowest BCUT2D eigenvalue weighted by Crippen LogP contribution is -2.44. The highest BCUT2D eigenvalue weighted by Gasteiger charge is 2.25. The van der Waals surface area contributed by atoms with Gasteiger partial charge in [-0.15, -0.1) is 0 Å². The summed E-state index contributed by atoms with van der Waals surface area (Å²) in [5.41, 5.74) is 7.14. The maximum absolute atomic E-state index is 3.62. The molecule has 4 rings (SSSR count). The Labute approximate surface area is 169 Å². The molecule has 0 spiro atoms. The standard InChI is InChI=1S/C26H30N2/c1-21-11-13-22(14-12-21)17-26-18-24-9-5-6-10-25(24)20-28(26)16-15-27-19-23-7-3-2-4-8-23/h2-14,26-27H,15-20H2,1H3. The van der Waals surface area contributed by atoms with Crippen LogP contribution in [-0.2, 0) is 25.9 Å². The van der Waals surface area contributed by atoms with Gasteiger partial charge in [-0.05, 0) is 42.0 Å². The van der Waals surface area contributed by atoms with Crippen LogP contribution < -0.4 is 5.32 Å². The summed E-state index contributed by atoms with van der Waals surface area (Å²) in [7, 11) is 0. The molecule has 0 aromatic heterocycles. The zero-order valence-corrected chi connectivity index (χ0v) is 16.8. The molecule has 2 nitrogen and oxygen atoms in total. The number of aryl methyl sites for hydroxylation is 1. The van der Waals surface area contributed by atoms with Crippen LogP contribution in [0.1, 0.15) is 27.8 Å². The summed E-state index contributed by atoms with van der Waals surface area (Å²) in [6, 6.07) is 29.2. The highest BCUT2D eigenvalue weighted by Crippen LogP contribution is 2.25. The van der Waals surface area contributed by atoms with E-state index in [9.17, 15) is 0 Å². The van der Waals surface area contributed by atoms with Crippen molar-refractivity contribution in [2.75, 3.05) is 13.1 Å². The number of hydrogen-bond acceptors (Lipinski definition) is 2. The second-order valence-electron chi connectivity index (χ2n) is 7.95. The zero-order chi connectivity index (χ0) is 19.2. The maximum atomic E-state index is 3.62. The Kier molecular flexibility index (Phi) is 6.20. The molecular formula is C26H30N2. The van der Waals surface area contributed by atoms with E-state index in [2.05, 4.69) is 96.0 Å². The van der Waals surface area contributed by atoms with Gasteiger partial charge in [-0.25, -0.2) is 0 Å². The zero-order valence-electron chi connectivity index (χ0n) is 16.8. The lowest BCUT2D eigenvalue weighted by atomic mass is 9.90. The van der Waals surface area contributed by atoms with Crippen molar-refractivity contribution in [3.63, 3.8) is 0 Å². The van der Waals surface area contributed by atoms with E-state index in [1.54, 1.807) is 0 Å². The summed E-state index contributed by atoms with van der Waals surface area (Å²) in [6.45, 7) is 6.25. The quantitative estimate of drug-likeness (QED) is 0.604. The minimum Gasteiger partial charge on any atom is -0.311 e. The monoisotopic (exact) mass is 370 g/mol. The Morgan fingerprint density at radius 1 is 0.821 bits per heavy atom. The predicted molar refractivity (Wildman–Crippen MR) is 117 cm³/mol. The summed E-state index contributed by atoms with van der Waals surface area (Å²) in [5.74, 6) is 0. The summed E-state index contributed by atoms with van der Waals surface area (Å²) >= 11 is 0. The number of benzene rings is 3. The third kappa shape index (κ3) is 4.89. The van der Waals surface area contributed by atoms with Crippen molar-refractivity contribution in [1.82, 2.24) is 10.2 Å². The highest BCUT2D eigenvalue weighted by atomic mass is 15.2. The van der Waals surface area contributed by atoms with Crippen molar-refractivity contribution in [2.45, 2.75) is 38.9 Å². The van der Waals surface area contributed by atoms with Crippen LogP contribution in [0.15, 0.2) is 78.9 Å². The van der Waals surface area contributed by atoms with Gasteiger partial charge in [0.1, 0.15) is 0 Å². The molecule has 0 amide bonds. The molecule has 144 valence electrons. The topological polar surface area (TPSA) is 15.3 Å². The van der Waals surface area contributed by atoms with E-state index in [0.29, 0.717) is 6.04 Å². The van der Waals surface area contributed by atoms with Gasteiger partial charge in [0.25, 0.3) is 0 Å². The number of nitrogens with zero attached hydrogens (tertiary/aromatic N) is 1. The minimum absolute atomic E-state index is 0.566. The number of nitrogens with one attached hydrogen (secondary N) is 1. The number of hydrogen-bond donors (Lipinski definition) is 1. The molecule has 3 aromatic carbocycles. The van der Waals surface area contributed by atoms with Gasteiger partial charge in [0.2, 0.25) is 0 Å². The van der Waals surface area contributed by atoms with Crippen molar-refractivity contribution in [3.8, 4) is 0 Å². The van der Waals surface area contributed by atoms with Crippen LogP contribution >= 0.6 is 0 Å². The molecule has 3 aromatic rings. The van der Waals surface area contributed by atoms with E-state index >= 15 is 0 Å². The Hall–Kier alpha value is -2.42. The fraction of sp³-hybridized carbons (Fsp3) is 0.308. The second-order valence-corrected chi connectivity index (χ2v) is 7.95. The Bertz CT molecular complexity index is 870. The van der Waals surface area contributed by atoms with Crippen molar-refractivity contribution < 1.29 is 0 Å². The summed E-state index contributed by atoms with van der Waals surface area (Å²) in [6.07, 6.45) is 2.26. The number of fused-ring (bicyclic) bond motifs is 1. The molecule has 28 heavy (non-hydrogen) atoms. The Morgan fingerprint density at radius 2 is 1.54 bits per heavy atom. The third-order valence-corrected chi connectivity index (χ3v) is 5.80. The van der Waals surface area contributed by atoms with E-state index in [1.807, 2.05) is 0 Å². The van der Waals surface area contributed by atoms with Gasteiger partial charge < -0.3 is 5.32 Å². The van der Waals surface area contributed by atoms with Crippen molar-refractivity contribution in [3.05, 3.63) is 107 Å². The van der Waals surface area contributed by atoms with E-state index in [1.165, 1.54) is 27.8 Å². The van der Waals surface area contributed by atoms with E-state index in [4.69, 9.17) is 0 Å². The van der Waals surface area contributed by atoms with E-state index in [-0.39, 0.29) is 0 Å². The minimum atomic E-state index is 0.566. The van der Waals surface area contributed by atoms with E-state index in [0.717, 1.165) is 39.0 Å². The molecule has 1 atom stereocenters. The first-order chi connectivity index (χ1) is 13.8. The van der Waals surface area contributed by atoms with Crippen LogP contribution in [0, 0.1) is 6.92 Å². The summed E-state index contributed by atoms with van der Waals surface area (Å²) in [5, 5.41) is 3.62. The molecule has 0 aliphatic carbocycles. The molecule has 0 fully saturated rings. The van der Waals surface area contributed by atoms with Crippen LogP contribution in [0.5, 0.6) is 0 Å². The van der Waals surface area contributed by atoms with Gasteiger partial charge in [-0.2, -0.15) is 0 Å². The molecule has 0 saturated carbocycles. The van der Waals surface area contributed by atoms with Crippen LogP contribution in [-0.4, -0.2) is 24.0 Å². The van der Waals surface area contributed by atoms with Crippen molar-refractivity contribution >= 4 is 0 Å². The fourth-order valence-electron chi connectivity index (χ4n) is 4.15. The lowest BCUT2D eigenvalue weighted by Gasteiger charge is -2.37. The van der Waals surface area contributed by atoms with Gasteiger partial charge in [0.05, 0.1) is 0 Å². The fourth-order valence-corrected chi connectivity index (χ4v) is 4.15. The Morgan fingerprint density at radius 3 is 2.32 bits per heavy atom. The van der Waals surface area contributed by atoms with Crippen molar-refractivity contribution in [2.24, 2.45) is 0 Å². The first-order valence-corrected chi connectivity index (χ1v) is 10.4. The van der Waals surface area contributed by atoms with Gasteiger partial charge in [0.15, 0.2) is 0 Å². The molecule has 1 N–H and O–H groups in total. The molecule has 1 aliphatic heterocycles. The van der Waals surface area contributed by atoms with Crippen LogP contribution in [0.2, 0.25) is 0 Å². The molecule has 0 radical (unpaired) electrons.